The smallest absolute Gasteiger partial charge is 0.346 e. The number of carboxylic acid groups (broad SMARTS) is 1. The number of nitrogens with one attached hydrogen (secondary N) is 1. The largest absolute Gasteiger partial charge is 0.477 e. The number of fused-ring (bicyclic) bond motifs is 1. The van der Waals surface area contributed by atoms with E-state index in [2.05, 4.69) is 22.2 Å². The number of thiophene rings is 1. The predicted molar refractivity (Wildman–Crippen MR) is 70.4 cm³/mol. The van der Waals surface area contributed by atoms with E-state index in [9.17, 15) is 4.79 Å². The quantitative estimate of drug-likeness (QED) is 0.890. The summed E-state index contributed by atoms with van der Waals surface area (Å²) in [5.74, 6) is -0.152. The van der Waals surface area contributed by atoms with Crippen LogP contribution in [0.2, 0.25) is 0 Å². The van der Waals surface area contributed by atoms with Crippen molar-refractivity contribution in [3.8, 4) is 0 Å². The molecule has 0 saturated heterocycles. The van der Waals surface area contributed by atoms with Crippen LogP contribution in [-0.2, 0) is 0 Å². The second-order valence-corrected chi connectivity index (χ2v) is 5.95. The summed E-state index contributed by atoms with van der Waals surface area (Å²) in [6.45, 7) is 3.95. The monoisotopic (exact) mass is 263 g/mol. The summed E-state index contributed by atoms with van der Waals surface area (Å²) in [5.41, 5.74) is 0.855. The van der Waals surface area contributed by atoms with Crippen molar-refractivity contribution in [2.45, 2.75) is 32.2 Å². The highest BCUT2D eigenvalue weighted by molar-refractivity contribution is 7.20. The molecule has 18 heavy (non-hydrogen) atoms. The number of carbonyl (C=O) groups is 1. The highest BCUT2D eigenvalue weighted by atomic mass is 32.1. The van der Waals surface area contributed by atoms with Crippen molar-refractivity contribution in [3.05, 3.63) is 16.8 Å². The van der Waals surface area contributed by atoms with Gasteiger partial charge < -0.3 is 10.4 Å². The summed E-state index contributed by atoms with van der Waals surface area (Å²) >= 11 is 1.20. The molecule has 0 amide bonds. The molecule has 2 aromatic heterocycles. The Morgan fingerprint density at radius 1 is 1.50 bits per heavy atom. The first-order valence-corrected chi connectivity index (χ1v) is 6.57. The maximum Gasteiger partial charge on any atom is 0.346 e. The van der Waals surface area contributed by atoms with Gasteiger partial charge in [-0.05, 0) is 32.3 Å². The summed E-state index contributed by atoms with van der Waals surface area (Å²) < 4.78 is 0. The maximum atomic E-state index is 11.1. The van der Waals surface area contributed by atoms with Crippen molar-refractivity contribution in [1.82, 2.24) is 9.97 Å². The molecule has 3 rings (SSSR count). The van der Waals surface area contributed by atoms with Gasteiger partial charge in [0.05, 0.1) is 5.39 Å². The lowest BCUT2D eigenvalue weighted by Gasteiger charge is -2.12. The third-order valence-electron chi connectivity index (χ3n) is 3.34. The minimum atomic E-state index is -0.904. The van der Waals surface area contributed by atoms with Gasteiger partial charge in [-0.25, -0.2) is 14.8 Å². The summed E-state index contributed by atoms with van der Waals surface area (Å²) in [6.07, 6.45) is 3.72. The van der Waals surface area contributed by atoms with Gasteiger partial charge in [0.15, 0.2) is 0 Å². The van der Waals surface area contributed by atoms with E-state index in [1.54, 1.807) is 0 Å². The van der Waals surface area contributed by atoms with E-state index in [-0.39, 0.29) is 5.54 Å². The molecule has 0 unspecified atom stereocenters. The third kappa shape index (κ3) is 1.73. The van der Waals surface area contributed by atoms with Crippen molar-refractivity contribution in [1.29, 1.82) is 0 Å². The first-order valence-electron chi connectivity index (χ1n) is 5.76. The lowest BCUT2D eigenvalue weighted by molar-refractivity contribution is 0.0701. The maximum absolute atomic E-state index is 11.1. The van der Waals surface area contributed by atoms with Gasteiger partial charge >= 0.3 is 5.97 Å². The molecule has 5 nitrogen and oxygen atoms in total. The molecule has 6 heteroatoms. The molecule has 1 aliphatic carbocycles. The molecule has 2 heterocycles. The van der Waals surface area contributed by atoms with Crippen LogP contribution in [0.5, 0.6) is 0 Å². The molecular formula is C12H13N3O2S. The van der Waals surface area contributed by atoms with Gasteiger partial charge in [-0.1, -0.05) is 0 Å². The Morgan fingerprint density at radius 3 is 2.83 bits per heavy atom. The zero-order valence-corrected chi connectivity index (χ0v) is 11.0. The lowest BCUT2D eigenvalue weighted by atomic mass is 10.2. The van der Waals surface area contributed by atoms with E-state index in [1.807, 2.05) is 6.92 Å². The van der Waals surface area contributed by atoms with Crippen LogP contribution in [0.1, 0.15) is 35.0 Å². The number of aryl methyl sites for hydroxylation is 1. The Morgan fingerprint density at radius 2 is 2.22 bits per heavy atom. The Kier molecular flexibility index (Phi) is 2.31. The molecular weight excluding hydrogens is 250 g/mol. The number of aromatic carboxylic acids is 1. The molecule has 0 radical (unpaired) electrons. The van der Waals surface area contributed by atoms with Crippen LogP contribution < -0.4 is 5.32 Å². The Labute approximate surface area is 108 Å². The fourth-order valence-electron chi connectivity index (χ4n) is 1.97. The highest BCUT2D eigenvalue weighted by Crippen LogP contribution is 2.41. The zero-order chi connectivity index (χ0) is 12.9. The van der Waals surface area contributed by atoms with E-state index in [0.29, 0.717) is 4.88 Å². The molecule has 1 saturated carbocycles. The Hall–Kier alpha value is -1.69. The molecule has 2 aromatic rings. The van der Waals surface area contributed by atoms with Crippen LogP contribution in [0.4, 0.5) is 5.82 Å². The normalized spacial score (nSPS) is 16.8. The number of aromatic nitrogens is 2. The van der Waals surface area contributed by atoms with Crippen LogP contribution >= 0.6 is 11.3 Å². The minimum absolute atomic E-state index is 0.110. The van der Waals surface area contributed by atoms with E-state index in [4.69, 9.17) is 5.11 Å². The molecule has 94 valence electrons. The molecule has 1 aliphatic rings. The van der Waals surface area contributed by atoms with Crippen LogP contribution in [-0.4, -0.2) is 26.6 Å². The minimum Gasteiger partial charge on any atom is -0.477 e. The van der Waals surface area contributed by atoms with E-state index < -0.39 is 5.97 Å². The van der Waals surface area contributed by atoms with Gasteiger partial charge in [-0.2, -0.15) is 0 Å². The highest BCUT2D eigenvalue weighted by Gasteiger charge is 2.38. The Balaban J connectivity index is 2.17. The number of hydrogen-bond donors (Lipinski definition) is 2. The SMILES string of the molecule is Cc1c(C(=O)O)sc2ncnc(NC3(C)CC3)c12. The van der Waals surface area contributed by atoms with Crippen LogP contribution in [0.15, 0.2) is 6.33 Å². The van der Waals surface area contributed by atoms with Crippen LogP contribution in [0.3, 0.4) is 0 Å². The number of rotatable bonds is 3. The standard InChI is InChI=1S/C12H13N3O2S/c1-6-7-9(15-12(2)3-4-12)13-5-14-10(7)18-8(6)11(16)17/h5H,3-4H2,1-2H3,(H,16,17)(H,13,14,15). The van der Waals surface area contributed by atoms with Gasteiger partial charge in [-0.3, -0.25) is 0 Å². The van der Waals surface area contributed by atoms with Crippen molar-refractivity contribution in [2.24, 2.45) is 0 Å². The second kappa shape index (κ2) is 3.65. The van der Waals surface area contributed by atoms with E-state index >= 15 is 0 Å². The zero-order valence-electron chi connectivity index (χ0n) is 10.1. The van der Waals surface area contributed by atoms with Gasteiger partial charge in [0.25, 0.3) is 0 Å². The first-order chi connectivity index (χ1) is 8.50. The molecule has 0 spiro atoms. The number of nitrogens with zero attached hydrogens (tertiary/aromatic N) is 2. The van der Waals surface area contributed by atoms with Gasteiger partial charge in [0, 0.05) is 5.54 Å². The third-order valence-corrected chi connectivity index (χ3v) is 4.53. The fraction of sp³-hybridized carbons (Fsp3) is 0.417. The van der Waals surface area contributed by atoms with Crippen molar-refractivity contribution in [3.63, 3.8) is 0 Å². The second-order valence-electron chi connectivity index (χ2n) is 4.95. The number of hydrogen-bond acceptors (Lipinski definition) is 5. The number of anilines is 1. The average molecular weight is 263 g/mol. The van der Waals surface area contributed by atoms with E-state index in [0.717, 1.165) is 34.4 Å². The average Bonchev–Trinajstić information content (AvgIpc) is 2.91. The fourth-order valence-corrected chi connectivity index (χ4v) is 2.96. The summed E-state index contributed by atoms with van der Waals surface area (Å²) in [4.78, 5) is 20.6. The molecule has 0 aliphatic heterocycles. The van der Waals surface area contributed by atoms with Crippen LogP contribution in [0.25, 0.3) is 10.2 Å². The summed E-state index contributed by atoms with van der Waals surface area (Å²) in [5, 5.41) is 13.4. The predicted octanol–water partition coefficient (Wildman–Crippen LogP) is 2.66. The Bertz CT molecular complexity index is 646. The first kappa shape index (κ1) is 11.4. The topological polar surface area (TPSA) is 75.1 Å². The number of carboxylic acids is 1. The van der Waals surface area contributed by atoms with Crippen molar-refractivity contribution < 1.29 is 9.90 Å². The summed E-state index contributed by atoms with van der Waals surface area (Å²) in [6, 6.07) is 0. The van der Waals surface area contributed by atoms with Gasteiger partial charge in [0.1, 0.15) is 21.9 Å². The molecule has 0 atom stereocenters. The van der Waals surface area contributed by atoms with Crippen molar-refractivity contribution in [2.75, 3.05) is 5.32 Å². The summed E-state index contributed by atoms with van der Waals surface area (Å²) in [7, 11) is 0. The van der Waals surface area contributed by atoms with E-state index in [1.165, 1.54) is 17.7 Å². The van der Waals surface area contributed by atoms with Gasteiger partial charge in [0.2, 0.25) is 0 Å². The van der Waals surface area contributed by atoms with Crippen molar-refractivity contribution >= 4 is 33.3 Å². The molecule has 0 bridgehead atoms. The van der Waals surface area contributed by atoms with Crippen LogP contribution in [0, 0.1) is 6.92 Å². The molecule has 0 aromatic carbocycles. The lowest BCUT2D eigenvalue weighted by Crippen LogP contribution is -2.17. The van der Waals surface area contributed by atoms with Gasteiger partial charge in [-0.15, -0.1) is 11.3 Å². The molecule has 2 N–H and O–H groups in total. The molecule has 1 fully saturated rings.